The average molecular weight is 435 g/mol. The molecule has 4 rings (SSSR count). The Balaban J connectivity index is 1.41. The fourth-order valence-electron chi connectivity index (χ4n) is 3.67. The monoisotopic (exact) mass is 435 g/mol. The molecule has 3 heterocycles. The molecule has 1 aliphatic heterocycles. The number of hydrogen-bond acceptors (Lipinski definition) is 7. The van der Waals surface area contributed by atoms with Gasteiger partial charge >= 0.3 is 0 Å². The molecule has 1 aliphatic rings. The molecule has 11 nitrogen and oxygen atoms in total. The van der Waals surface area contributed by atoms with Gasteiger partial charge in [0.2, 0.25) is 5.91 Å². The van der Waals surface area contributed by atoms with Crippen LogP contribution in [-0.4, -0.2) is 54.7 Å². The first-order valence-electron chi connectivity index (χ1n) is 10.1. The van der Waals surface area contributed by atoms with Crippen molar-refractivity contribution in [3.05, 3.63) is 70.2 Å². The summed E-state index contributed by atoms with van der Waals surface area (Å²) in [5.41, 5.74) is 1.06. The number of carbonyl (C=O) groups is 2. The number of likely N-dealkylation sites (tertiary alicyclic amines) is 1. The van der Waals surface area contributed by atoms with Gasteiger partial charge in [0, 0.05) is 37.3 Å². The van der Waals surface area contributed by atoms with Gasteiger partial charge in [0.25, 0.3) is 11.6 Å². The summed E-state index contributed by atoms with van der Waals surface area (Å²) >= 11 is 0. The highest BCUT2D eigenvalue weighted by atomic mass is 16.6. The van der Waals surface area contributed by atoms with Crippen LogP contribution < -0.4 is 5.32 Å². The molecular weight excluding hydrogens is 414 g/mol. The highest BCUT2D eigenvalue weighted by molar-refractivity contribution is 5.94. The molecule has 1 saturated heterocycles. The SMILES string of the molecule is Cc1c(C(=O)N2CCC(C(=O)Nc3ccccn3)CC2)nnn1-c1cccc([N+](=O)[O-])c1. The number of non-ortho nitro benzene ring substituents is 1. The molecule has 2 amide bonds. The van der Waals surface area contributed by atoms with Gasteiger partial charge in [-0.25, -0.2) is 9.67 Å². The number of carbonyl (C=O) groups excluding carboxylic acids is 2. The Kier molecular flexibility index (Phi) is 5.88. The van der Waals surface area contributed by atoms with Crippen molar-refractivity contribution >= 4 is 23.3 Å². The predicted molar refractivity (Wildman–Crippen MR) is 114 cm³/mol. The van der Waals surface area contributed by atoms with Crippen LogP contribution in [0.15, 0.2) is 48.7 Å². The molecule has 0 saturated carbocycles. The number of aromatic nitrogens is 4. The van der Waals surface area contributed by atoms with E-state index >= 15 is 0 Å². The van der Waals surface area contributed by atoms with Crippen molar-refractivity contribution in [1.82, 2.24) is 24.9 Å². The van der Waals surface area contributed by atoms with Crippen molar-refractivity contribution in [2.75, 3.05) is 18.4 Å². The molecule has 1 N–H and O–H groups in total. The number of benzene rings is 1. The minimum atomic E-state index is -0.490. The number of nitro benzene ring substituents is 1. The Morgan fingerprint density at radius 3 is 2.62 bits per heavy atom. The summed E-state index contributed by atoms with van der Waals surface area (Å²) in [7, 11) is 0. The van der Waals surface area contributed by atoms with Gasteiger partial charge < -0.3 is 10.2 Å². The Morgan fingerprint density at radius 1 is 1.16 bits per heavy atom. The lowest BCUT2D eigenvalue weighted by Gasteiger charge is -2.30. The lowest BCUT2D eigenvalue weighted by Crippen LogP contribution is -2.41. The minimum absolute atomic E-state index is 0.0728. The van der Waals surface area contributed by atoms with E-state index in [-0.39, 0.29) is 29.1 Å². The summed E-state index contributed by atoms with van der Waals surface area (Å²) in [4.78, 5) is 41.8. The molecule has 1 fully saturated rings. The number of piperidine rings is 1. The third kappa shape index (κ3) is 4.31. The van der Waals surface area contributed by atoms with Gasteiger partial charge in [0.1, 0.15) is 5.82 Å². The van der Waals surface area contributed by atoms with Crippen LogP contribution in [0.2, 0.25) is 0 Å². The number of nitrogens with zero attached hydrogens (tertiary/aromatic N) is 6. The Bertz CT molecular complexity index is 1150. The normalized spacial score (nSPS) is 14.2. The van der Waals surface area contributed by atoms with E-state index in [9.17, 15) is 19.7 Å². The maximum Gasteiger partial charge on any atom is 0.276 e. The summed E-state index contributed by atoms with van der Waals surface area (Å²) in [6.45, 7) is 2.53. The van der Waals surface area contributed by atoms with Crippen molar-refractivity contribution < 1.29 is 14.5 Å². The molecule has 32 heavy (non-hydrogen) atoms. The zero-order valence-electron chi connectivity index (χ0n) is 17.3. The topological polar surface area (TPSA) is 136 Å². The van der Waals surface area contributed by atoms with Crippen LogP contribution in [0.3, 0.4) is 0 Å². The zero-order valence-corrected chi connectivity index (χ0v) is 17.3. The number of anilines is 1. The van der Waals surface area contributed by atoms with E-state index in [1.807, 2.05) is 0 Å². The molecule has 0 unspecified atom stereocenters. The molecule has 1 aromatic carbocycles. The first-order valence-corrected chi connectivity index (χ1v) is 10.1. The molecule has 0 aliphatic carbocycles. The molecule has 11 heteroatoms. The molecule has 3 aromatic rings. The summed E-state index contributed by atoms with van der Waals surface area (Å²) in [5, 5.41) is 21.9. The fraction of sp³-hybridized carbons (Fsp3) is 0.286. The van der Waals surface area contributed by atoms with Crippen molar-refractivity contribution in [3.63, 3.8) is 0 Å². The molecule has 0 atom stereocenters. The van der Waals surface area contributed by atoms with E-state index in [0.29, 0.717) is 43.1 Å². The Morgan fingerprint density at radius 2 is 1.94 bits per heavy atom. The summed E-state index contributed by atoms with van der Waals surface area (Å²) in [5.74, 6) is -0.0848. The molecular formula is C21H21N7O4. The molecule has 164 valence electrons. The number of amides is 2. The smallest absolute Gasteiger partial charge is 0.276 e. The number of pyridine rings is 1. The van der Waals surface area contributed by atoms with Crippen molar-refractivity contribution in [1.29, 1.82) is 0 Å². The van der Waals surface area contributed by atoms with Crippen LogP contribution in [0.4, 0.5) is 11.5 Å². The van der Waals surface area contributed by atoms with Gasteiger partial charge in [-0.2, -0.15) is 0 Å². The second kappa shape index (κ2) is 8.92. The van der Waals surface area contributed by atoms with E-state index in [4.69, 9.17) is 0 Å². The molecule has 0 spiro atoms. The quantitative estimate of drug-likeness (QED) is 0.480. The maximum atomic E-state index is 13.0. The highest BCUT2D eigenvalue weighted by Crippen LogP contribution is 2.22. The predicted octanol–water partition coefficient (Wildman–Crippen LogP) is 2.37. The number of hydrogen-bond donors (Lipinski definition) is 1. The summed E-state index contributed by atoms with van der Waals surface area (Å²) in [6, 6.07) is 11.3. The van der Waals surface area contributed by atoms with Gasteiger partial charge in [-0.3, -0.25) is 19.7 Å². The van der Waals surface area contributed by atoms with Gasteiger partial charge in [0.05, 0.1) is 16.3 Å². The standard InChI is InChI=1S/C21H21N7O4/c1-14-19(24-25-27(14)16-5-4-6-17(13-16)28(31)32)21(30)26-11-8-15(9-12-26)20(29)23-18-7-2-3-10-22-18/h2-7,10,13,15H,8-9,11-12H2,1H3,(H,22,23,29). The molecule has 2 aromatic heterocycles. The largest absolute Gasteiger partial charge is 0.337 e. The van der Waals surface area contributed by atoms with Crippen LogP contribution in [0.25, 0.3) is 5.69 Å². The Labute approximate surface area is 183 Å². The van der Waals surface area contributed by atoms with E-state index in [1.165, 1.54) is 16.8 Å². The lowest BCUT2D eigenvalue weighted by atomic mass is 9.95. The van der Waals surface area contributed by atoms with Crippen molar-refractivity contribution in [3.8, 4) is 5.69 Å². The van der Waals surface area contributed by atoms with E-state index in [0.717, 1.165) is 0 Å². The van der Waals surface area contributed by atoms with Crippen LogP contribution in [0.1, 0.15) is 29.0 Å². The second-order valence-electron chi connectivity index (χ2n) is 7.48. The van der Waals surface area contributed by atoms with Crippen LogP contribution in [0, 0.1) is 23.0 Å². The highest BCUT2D eigenvalue weighted by Gasteiger charge is 2.30. The number of rotatable bonds is 5. The first kappa shape index (κ1) is 21.1. The first-order chi connectivity index (χ1) is 15.4. The fourth-order valence-corrected chi connectivity index (χ4v) is 3.67. The van der Waals surface area contributed by atoms with Crippen LogP contribution in [0.5, 0.6) is 0 Å². The van der Waals surface area contributed by atoms with Gasteiger partial charge in [-0.15, -0.1) is 5.10 Å². The lowest BCUT2D eigenvalue weighted by molar-refractivity contribution is -0.384. The summed E-state index contributed by atoms with van der Waals surface area (Å²) < 4.78 is 1.41. The van der Waals surface area contributed by atoms with Crippen LogP contribution in [-0.2, 0) is 4.79 Å². The molecule has 0 radical (unpaired) electrons. The van der Waals surface area contributed by atoms with E-state index < -0.39 is 4.92 Å². The van der Waals surface area contributed by atoms with Gasteiger partial charge in [0.15, 0.2) is 5.69 Å². The summed E-state index contributed by atoms with van der Waals surface area (Å²) in [6.07, 6.45) is 2.67. The van der Waals surface area contributed by atoms with Gasteiger partial charge in [-0.1, -0.05) is 17.3 Å². The van der Waals surface area contributed by atoms with Gasteiger partial charge in [-0.05, 0) is 38.0 Å². The van der Waals surface area contributed by atoms with E-state index in [1.54, 1.807) is 48.4 Å². The third-order valence-electron chi connectivity index (χ3n) is 5.45. The molecule has 0 bridgehead atoms. The Hall–Kier alpha value is -4.15. The van der Waals surface area contributed by atoms with Crippen molar-refractivity contribution in [2.24, 2.45) is 5.92 Å². The zero-order chi connectivity index (χ0) is 22.7. The van der Waals surface area contributed by atoms with Crippen molar-refractivity contribution in [2.45, 2.75) is 19.8 Å². The maximum absolute atomic E-state index is 13.0. The minimum Gasteiger partial charge on any atom is -0.337 e. The van der Waals surface area contributed by atoms with E-state index in [2.05, 4.69) is 20.6 Å². The average Bonchev–Trinajstić information content (AvgIpc) is 3.20. The van der Waals surface area contributed by atoms with Crippen LogP contribution >= 0.6 is 0 Å². The number of nitrogens with one attached hydrogen (secondary N) is 1. The number of nitro groups is 1. The second-order valence-corrected chi connectivity index (χ2v) is 7.48. The third-order valence-corrected chi connectivity index (χ3v) is 5.45.